The molecule has 0 saturated carbocycles. The van der Waals surface area contributed by atoms with Crippen LogP contribution in [0.3, 0.4) is 0 Å². The average molecular weight is 427 g/mol. The second kappa shape index (κ2) is 8.75. The van der Waals surface area contributed by atoms with E-state index in [1.807, 2.05) is 35.1 Å². The first kappa shape index (κ1) is 20.1. The van der Waals surface area contributed by atoms with Crippen molar-refractivity contribution in [2.75, 3.05) is 4.90 Å². The number of carbonyl (C=O) groups excluding carboxylic acids is 1. The van der Waals surface area contributed by atoms with Crippen molar-refractivity contribution in [2.24, 2.45) is 0 Å². The van der Waals surface area contributed by atoms with Crippen LogP contribution in [0.2, 0.25) is 0 Å². The highest BCUT2D eigenvalue weighted by Crippen LogP contribution is 2.33. The van der Waals surface area contributed by atoms with Crippen LogP contribution in [-0.2, 0) is 26.1 Å². The van der Waals surface area contributed by atoms with Crippen molar-refractivity contribution in [3.63, 3.8) is 0 Å². The number of amides is 1. The minimum Gasteiger partial charge on any atom is -0.467 e. The Bertz CT molecular complexity index is 1210. The summed E-state index contributed by atoms with van der Waals surface area (Å²) in [5.74, 6) is 0.568. The number of rotatable bonds is 7. The van der Waals surface area contributed by atoms with E-state index < -0.39 is 0 Å². The highest BCUT2D eigenvalue weighted by Gasteiger charge is 2.28. The molecule has 2 aromatic heterocycles. The Morgan fingerprint density at radius 3 is 2.72 bits per heavy atom. The van der Waals surface area contributed by atoms with Gasteiger partial charge in [-0.15, -0.1) is 0 Å². The molecule has 0 fully saturated rings. The van der Waals surface area contributed by atoms with Gasteiger partial charge in [0.15, 0.2) is 0 Å². The quantitative estimate of drug-likeness (QED) is 0.476. The summed E-state index contributed by atoms with van der Waals surface area (Å²) in [6.45, 7) is 3.90. The lowest BCUT2D eigenvalue weighted by Crippen LogP contribution is -2.30. The van der Waals surface area contributed by atoms with Gasteiger partial charge in [0.1, 0.15) is 5.76 Å². The molecular weight excluding hydrogens is 400 g/mol. The number of nitrogens with one attached hydrogen (secondary N) is 1. The molecule has 6 heteroatoms. The summed E-state index contributed by atoms with van der Waals surface area (Å²) in [4.78, 5) is 15.3. The van der Waals surface area contributed by atoms with Crippen LogP contribution in [-0.4, -0.2) is 21.7 Å². The lowest BCUT2D eigenvalue weighted by molar-refractivity contribution is 0.0948. The number of carbonyl (C=O) groups is 1. The summed E-state index contributed by atoms with van der Waals surface area (Å²) in [6.07, 6.45) is 6.31. The van der Waals surface area contributed by atoms with Crippen LogP contribution in [0.4, 0.5) is 5.69 Å². The van der Waals surface area contributed by atoms with E-state index in [-0.39, 0.29) is 5.91 Å². The summed E-state index contributed by atoms with van der Waals surface area (Å²) in [7, 11) is 0. The van der Waals surface area contributed by atoms with Gasteiger partial charge in [0.25, 0.3) is 5.91 Å². The normalized spacial score (nSPS) is 15.0. The molecule has 3 heterocycles. The van der Waals surface area contributed by atoms with Gasteiger partial charge in [-0.3, -0.25) is 9.48 Å². The molecule has 0 spiro atoms. The number of anilines is 1. The first-order chi connectivity index (χ1) is 15.7. The highest BCUT2D eigenvalue weighted by molar-refractivity contribution is 5.95. The molecule has 32 heavy (non-hydrogen) atoms. The van der Waals surface area contributed by atoms with Gasteiger partial charge in [-0.2, -0.15) is 5.10 Å². The van der Waals surface area contributed by atoms with E-state index in [4.69, 9.17) is 4.42 Å². The predicted octanol–water partition coefficient (Wildman–Crippen LogP) is 4.41. The molecule has 2 aromatic carbocycles. The fourth-order valence-corrected chi connectivity index (χ4v) is 4.41. The molecule has 1 aliphatic heterocycles. The molecule has 1 N–H and O–H groups in total. The zero-order valence-electron chi connectivity index (χ0n) is 18.1. The molecule has 1 aliphatic rings. The van der Waals surface area contributed by atoms with E-state index in [9.17, 15) is 4.79 Å². The number of hydrogen-bond donors (Lipinski definition) is 1. The zero-order valence-corrected chi connectivity index (χ0v) is 18.1. The van der Waals surface area contributed by atoms with Gasteiger partial charge >= 0.3 is 0 Å². The molecule has 1 atom stereocenters. The first-order valence-electron chi connectivity index (χ1n) is 10.9. The van der Waals surface area contributed by atoms with E-state index in [0.717, 1.165) is 17.5 Å². The van der Waals surface area contributed by atoms with Crippen molar-refractivity contribution >= 4 is 11.6 Å². The number of aromatic nitrogens is 2. The van der Waals surface area contributed by atoms with Crippen molar-refractivity contribution in [1.82, 2.24) is 15.1 Å². The second-order valence-corrected chi connectivity index (χ2v) is 8.22. The van der Waals surface area contributed by atoms with Crippen LogP contribution < -0.4 is 10.2 Å². The van der Waals surface area contributed by atoms with Gasteiger partial charge in [0, 0.05) is 30.7 Å². The maximum atomic E-state index is 13.0. The molecular formula is C26H26N4O2. The Balaban J connectivity index is 1.28. The fraction of sp³-hybridized carbons (Fsp3) is 0.231. The Hall–Kier alpha value is -3.80. The van der Waals surface area contributed by atoms with E-state index in [1.165, 1.54) is 11.3 Å². The van der Waals surface area contributed by atoms with Gasteiger partial charge < -0.3 is 14.6 Å². The molecule has 162 valence electrons. The number of para-hydroxylation sites is 1. The van der Waals surface area contributed by atoms with Gasteiger partial charge in [-0.05, 0) is 48.2 Å². The SMILES string of the molecule is CC1Cc2ccccc2N1Cc1occc1C(=O)NCc1ccccc1Cn1cccn1. The maximum Gasteiger partial charge on any atom is 0.255 e. The molecule has 1 amide bonds. The summed E-state index contributed by atoms with van der Waals surface area (Å²) < 4.78 is 7.62. The molecule has 6 nitrogen and oxygen atoms in total. The molecule has 0 aliphatic carbocycles. The number of fused-ring (bicyclic) bond motifs is 1. The van der Waals surface area contributed by atoms with Crippen molar-refractivity contribution in [1.29, 1.82) is 0 Å². The van der Waals surface area contributed by atoms with Gasteiger partial charge in [-0.1, -0.05) is 42.5 Å². The Morgan fingerprint density at radius 1 is 1.06 bits per heavy atom. The Morgan fingerprint density at radius 2 is 1.88 bits per heavy atom. The van der Waals surface area contributed by atoms with Crippen LogP contribution in [0.25, 0.3) is 0 Å². The lowest BCUT2D eigenvalue weighted by Gasteiger charge is -2.24. The third kappa shape index (κ3) is 4.04. The molecule has 1 unspecified atom stereocenters. The number of furan rings is 1. The van der Waals surface area contributed by atoms with Crippen LogP contribution >= 0.6 is 0 Å². The van der Waals surface area contributed by atoms with Gasteiger partial charge in [-0.25, -0.2) is 0 Å². The summed E-state index contributed by atoms with van der Waals surface area (Å²) in [5.41, 5.74) is 5.35. The average Bonchev–Trinajstić information content (AvgIpc) is 3.55. The smallest absolute Gasteiger partial charge is 0.255 e. The monoisotopic (exact) mass is 426 g/mol. The van der Waals surface area contributed by atoms with Crippen LogP contribution in [0.5, 0.6) is 0 Å². The molecule has 5 rings (SSSR count). The molecule has 0 saturated heterocycles. The van der Waals surface area contributed by atoms with Gasteiger partial charge in [0.2, 0.25) is 0 Å². The third-order valence-electron chi connectivity index (χ3n) is 6.10. The van der Waals surface area contributed by atoms with Crippen molar-refractivity contribution in [3.05, 3.63) is 107 Å². The zero-order chi connectivity index (χ0) is 21.9. The molecule has 0 bridgehead atoms. The van der Waals surface area contributed by atoms with E-state index in [2.05, 4.69) is 52.6 Å². The minimum atomic E-state index is -0.122. The Labute approximate surface area is 187 Å². The lowest BCUT2D eigenvalue weighted by atomic mass is 10.1. The van der Waals surface area contributed by atoms with Crippen molar-refractivity contribution < 1.29 is 9.21 Å². The standard InChI is InChI=1S/C26H26N4O2/c1-19-15-20-7-4-5-10-24(20)30(19)18-25-23(11-14-32-25)26(31)27-16-21-8-2-3-9-22(21)17-29-13-6-12-28-29/h2-14,19H,15-18H2,1H3,(H,27,31). The molecule has 4 aromatic rings. The van der Waals surface area contributed by atoms with Gasteiger partial charge in [0.05, 0.1) is 24.9 Å². The van der Waals surface area contributed by atoms with E-state index in [1.54, 1.807) is 18.5 Å². The summed E-state index contributed by atoms with van der Waals surface area (Å²) >= 11 is 0. The number of hydrogen-bond acceptors (Lipinski definition) is 4. The van der Waals surface area contributed by atoms with E-state index >= 15 is 0 Å². The Kier molecular flexibility index (Phi) is 5.50. The third-order valence-corrected chi connectivity index (χ3v) is 6.10. The number of benzene rings is 2. The first-order valence-corrected chi connectivity index (χ1v) is 10.9. The van der Waals surface area contributed by atoms with Crippen LogP contribution in [0.1, 0.15) is 39.7 Å². The minimum absolute atomic E-state index is 0.122. The van der Waals surface area contributed by atoms with Crippen LogP contribution in [0, 0.1) is 0 Å². The van der Waals surface area contributed by atoms with Crippen LogP contribution in [0.15, 0.2) is 83.7 Å². The number of nitrogens with zero attached hydrogens (tertiary/aromatic N) is 3. The molecule has 0 radical (unpaired) electrons. The topological polar surface area (TPSA) is 63.3 Å². The predicted molar refractivity (Wildman–Crippen MR) is 123 cm³/mol. The van der Waals surface area contributed by atoms with Crippen molar-refractivity contribution in [3.8, 4) is 0 Å². The second-order valence-electron chi connectivity index (χ2n) is 8.22. The highest BCUT2D eigenvalue weighted by atomic mass is 16.3. The van der Waals surface area contributed by atoms with Crippen molar-refractivity contribution in [2.45, 2.75) is 39.0 Å². The fourth-order valence-electron chi connectivity index (χ4n) is 4.41. The largest absolute Gasteiger partial charge is 0.467 e. The maximum absolute atomic E-state index is 13.0. The summed E-state index contributed by atoms with van der Waals surface area (Å²) in [6, 6.07) is 20.6. The summed E-state index contributed by atoms with van der Waals surface area (Å²) in [5, 5.41) is 7.35. The van der Waals surface area contributed by atoms with E-state index in [0.29, 0.717) is 37.0 Å².